The maximum absolute atomic E-state index is 5.65. The number of hydrogen-bond donors (Lipinski definition) is 0. The SMILES string of the molecule is S=C(c1ccc(Br)cc1)N1CCN(C(=S)c2ccc(Br)cc2)CC1. The van der Waals surface area contributed by atoms with Crippen LogP contribution in [-0.4, -0.2) is 46.0 Å². The third kappa shape index (κ3) is 4.23. The monoisotopic (exact) mass is 482 g/mol. The second kappa shape index (κ2) is 8.04. The van der Waals surface area contributed by atoms with Crippen LogP contribution in [0.3, 0.4) is 0 Å². The quantitative estimate of drug-likeness (QED) is 0.561. The Morgan fingerprint density at radius 2 is 0.917 bits per heavy atom. The van der Waals surface area contributed by atoms with Gasteiger partial charge in [0.2, 0.25) is 0 Å². The van der Waals surface area contributed by atoms with E-state index >= 15 is 0 Å². The maximum Gasteiger partial charge on any atom is 0.109 e. The predicted molar refractivity (Wildman–Crippen MR) is 115 cm³/mol. The Morgan fingerprint density at radius 3 is 1.21 bits per heavy atom. The van der Waals surface area contributed by atoms with Crippen molar-refractivity contribution >= 4 is 66.3 Å². The minimum absolute atomic E-state index is 0.894. The molecular formula is C18H16Br2N2S2. The van der Waals surface area contributed by atoms with Crippen LogP contribution in [0.5, 0.6) is 0 Å². The smallest absolute Gasteiger partial charge is 0.109 e. The molecule has 0 radical (unpaired) electrons. The highest BCUT2D eigenvalue weighted by molar-refractivity contribution is 9.10. The van der Waals surface area contributed by atoms with Crippen LogP contribution in [0.25, 0.3) is 0 Å². The largest absolute Gasteiger partial charge is 0.359 e. The average Bonchev–Trinajstić information content (AvgIpc) is 2.62. The van der Waals surface area contributed by atoms with Gasteiger partial charge in [-0.2, -0.15) is 0 Å². The summed E-state index contributed by atoms with van der Waals surface area (Å²) in [7, 11) is 0. The number of thiocarbonyl (C=S) groups is 2. The van der Waals surface area contributed by atoms with Gasteiger partial charge in [0.1, 0.15) is 9.98 Å². The van der Waals surface area contributed by atoms with Crippen molar-refractivity contribution in [2.45, 2.75) is 0 Å². The minimum Gasteiger partial charge on any atom is -0.359 e. The summed E-state index contributed by atoms with van der Waals surface area (Å²) in [4.78, 5) is 6.35. The lowest BCUT2D eigenvalue weighted by Crippen LogP contribution is -2.50. The zero-order valence-electron chi connectivity index (χ0n) is 12.9. The van der Waals surface area contributed by atoms with Gasteiger partial charge in [0.05, 0.1) is 0 Å². The molecule has 0 bridgehead atoms. The van der Waals surface area contributed by atoms with Gasteiger partial charge in [0.15, 0.2) is 0 Å². The van der Waals surface area contributed by atoms with Crippen LogP contribution in [0.15, 0.2) is 57.5 Å². The van der Waals surface area contributed by atoms with Crippen molar-refractivity contribution in [2.75, 3.05) is 26.2 Å². The molecule has 0 aliphatic carbocycles. The van der Waals surface area contributed by atoms with Gasteiger partial charge in [0, 0.05) is 46.3 Å². The van der Waals surface area contributed by atoms with E-state index in [-0.39, 0.29) is 0 Å². The molecule has 0 unspecified atom stereocenters. The van der Waals surface area contributed by atoms with Gasteiger partial charge in [-0.3, -0.25) is 0 Å². The summed E-state index contributed by atoms with van der Waals surface area (Å²) in [5.41, 5.74) is 2.19. The van der Waals surface area contributed by atoms with E-state index in [1.54, 1.807) is 0 Å². The molecular weight excluding hydrogens is 468 g/mol. The first-order chi connectivity index (χ1) is 11.5. The van der Waals surface area contributed by atoms with Crippen molar-refractivity contribution in [1.29, 1.82) is 0 Å². The lowest BCUT2D eigenvalue weighted by atomic mass is 10.1. The Morgan fingerprint density at radius 1 is 0.625 bits per heavy atom. The molecule has 0 aromatic heterocycles. The number of benzene rings is 2. The van der Waals surface area contributed by atoms with Crippen molar-refractivity contribution < 1.29 is 0 Å². The highest BCUT2D eigenvalue weighted by atomic mass is 79.9. The molecule has 1 aliphatic rings. The third-order valence-electron chi connectivity index (χ3n) is 4.04. The number of nitrogens with zero attached hydrogens (tertiary/aromatic N) is 2. The van der Waals surface area contributed by atoms with E-state index in [1.807, 2.05) is 24.3 Å². The summed E-state index contributed by atoms with van der Waals surface area (Å²) in [6.07, 6.45) is 0. The van der Waals surface area contributed by atoms with Crippen LogP contribution in [0.1, 0.15) is 11.1 Å². The van der Waals surface area contributed by atoms with Crippen LogP contribution >= 0.6 is 56.3 Å². The molecule has 1 saturated heterocycles. The molecule has 0 spiro atoms. The lowest BCUT2D eigenvalue weighted by molar-refractivity contribution is 0.265. The minimum atomic E-state index is 0.894. The van der Waals surface area contributed by atoms with Gasteiger partial charge in [-0.15, -0.1) is 0 Å². The van der Waals surface area contributed by atoms with E-state index in [2.05, 4.69) is 65.9 Å². The van der Waals surface area contributed by atoms with E-state index < -0.39 is 0 Å². The normalized spacial score (nSPS) is 14.6. The number of halogens is 2. The summed E-state index contributed by atoms with van der Waals surface area (Å²) in [6.45, 7) is 3.58. The van der Waals surface area contributed by atoms with Gasteiger partial charge in [-0.1, -0.05) is 80.6 Å². The maximum atomic E-state index is 5.65. The first-order valence-corrected chi connectivity index (χ1v) is 10.0. The van der Waals surface area contributed by atoms with Crippen molar-refractivity contribution in [3.8, 4) is 0 Å². The fourth-order valence-electron chi connectivity index (χ4n) is 2.66. The van der Waals surface area contributed by atoms with Crippen LogP contribution < -0.4 is 0 Å². The molecule has 0 atom stereocenters. The zero-order valence-corrected chi connectivity index (χ0v) is 17.7. The first-order valence-electron chi connectivity index (χ1n) is 7.64. The highest BCUT2D eigenvalue weighted by Gasteiger charge is 2.21. The molecule has 6 heteroatoms. The van der Waals surface area contributed by atoms with Crippen LogP contribution in [-0.2, 0) is 0 Å². The Bertz CT molecular complexity index is 671. The van der Waals surface area contributed by atoms with Crippen molar-refractivity contribution in [3.05, 3.63) is 68.6 Å². The molecule has 1 fully saturated rings. The van der Waals surface area contributed by atoms with Gasteiger partial charge < -0.3 is 9.80 Å². The van der Waals surface area contributed by atoms with Gasteiger partial charge in [-0.25, -0.2) is 0 Å². The lowest BCUT2D eigenvalue weighted by Gasteiger charge is -2.37. The Balaban J connectivity index is 1.61. The molecule has 0 N–H and O–H groups in total. The molecule has 2 nitrogen and oxygen atoms in total. The molecule has 1 aliphatic heterocycles. The van der Waals surface area contributed by atoms with Gasteiger partial charge in [-0.05, 0) is 24.3 Å². The van der Waals surface area contributed by atoms with E-state index in [0.29, 0.717) is 0 Å². The second-order valence-electron chi connectivity index (χ2n) is 5.60. The standard InChI is InChI=1S/C18H16Br2N2S2/c19-15-5-1-13(2-6-15)17(23)21-9-11-22(12-10-21)18(24)14-3-7-16(20)8-4-14/h1-8H,9-12H2. The fourth-order valence-corrected chi connectivity index (χ4v) is 3.83. The van der Waals surface area contributed by atoms with E-state index in [9.17, 15) is 0 Å². The number of piperazine rings is 1. The molecule has 24 heavy (non-hydrogen) atoms. The summed E-state index contributed by atoms with van der Waals surface area (Å²) >= 11 is 18.2. The van der Waals surface area contributed by atoms with Crippen LogP contribution in [0.2, 0.25) is 0 Å². The molecule has 2 aromatic carbocycles. The molecule has 0 amide bonds. The summed E-state index contributed by atoms with van der Waals surface area (Å²) in [5, 5.41) is 0. The molecule has 0 saturated carbocycles. The first kappa shape index (κ1) is 18.0. The number of hydrogen-bond acceptors (Lipinski definition) is 2. The van der Waals surface area contributed by atoms with E-state index in [0.717, 1.165) is 56.2 Å². The van der Waals surface area contributed by atoms with Crippen molar-refractivity contribution in [2.24, 2.45) is 0 Å². The van der Waals surface area contributed by atoms with Crippen molar-refractivity contribution in [1.82, 2.24) is 9.80 Å². The Labute approximate surface area is 170 Å². The van der Waals surface area contributed by atoms with E-state index in [1.165, 1.54) is 0 Å². The molecule has 1 heterocycles. The summed E-state index contributed by atoms with van der Waals surface area (Å²) in [6, 6.07) is 16.4. The highest BCUT2D eigenvalue weighted by Crippen LogP contribution is 2.17. The predicted octanol–water partition coefficient (Wildman–Crippen LogP) is 4.88. The Hall–Kier alpha value is -0.820. The average molecular weight is 484 g/mol. The second-order valence-corrected chi connectivity index (χ2v) is 8.20. The zero-order chi connectivity index (χ0) is 17.1. The summed E-state index contributed by atoms with van der Waals surface area (Å²) < 4.78 is 2.14. The molecule has 2 aromatic rings. The van der Waals surface area contributed by atoms with Crippen molar-refractivity contribution in [3.63, 3.8) is 0 Å². The van der Waals surface area contributed by atoms with Crippen LogP contribution in [0, 0.1) is 0 Å². The van der Waals surface area contributed by atoms with E-state index in [4.69, 9.17) is 24.4 Å². The number of rotatable bonds is 2. The van der Waals surface area contributed by atoms with Gasteiger partial charge >= 0.3 is 0 Å². The Kier molecular flexibility index (Phi) is 6.02. The third-order valence-corrected chi connectivity index (χ3v) is 6.08. The molecule has 124 valence electrons. The molecule has 3 rings (SSSR count). The van der Waals surface area contributed by atoms with Gasteiger partial charge in [0.25, 0.3) is 0 Å². The fraction of sp³-hybridized carbons (Fsp3) is 0.222. The summed E-state index contributed by atoms with van der Waals surface area (Å²) in [5.74, 6) is 0. The topological polar surface area (TPSA) is 6.48 Å². The van der Waals surface area contributed by atoms with Crippen LogP contribution in [0.4, 0.5) is 0 Å².